The van der Waals surface area contributed by atoms with Gasteiger partial charge in [0.25, 0.3) is 0 Å². The van der Waals surface area contributed by atoms with Crippen LogP contribution >= 0.6 is 0 Å². The van der Waals surface area contributed by atoms with Crippen molar-refractivity contribution in [1.29, 1.82) is 0 Å². The molecule has 0 aliphatic carbocycles. The van der Waals surface area contributed by atoms with Gasteiger partial charge in [0.1, 0.15) is 11.5 Å². The quantitative estimate of drug-likeness (QED) is 0.857. The first kappa shape index (κ1) is 14.0. The van der Waals surface area contributed by atoms with Gasteiger partial charge in [0, 0.05) is 10.8 Å². The van der Waals surface area contributed by atoms with Crippen LogP contribution in [0.25, 0.3) is 0 Å². The van der Waals surface area contributed by atoms with Gasteiger partial charge >= 0.3 is 0 Å². The third-order valence-corrected chi connectivity index (χ3v) is 4.84. The summed E-state index contributed by atoms with van der Waals surface area (Å²) in [7, 11) is -1.03. The van der Waals surface area contributed by atoms with Gasteiger partial charge in [0.2, 0.25) is 5.89 Å². The van der Waals surface area contributed by atoms with E-state index in [-0.39, 0.29) is 5.25 Å². The molecule has 0 bridgehead atoms. The molecule has 0 radical (unpaired) electrons. The molecular weight excluding hydrogens is 258 g/mol. The second-order valence-electron chi connectivity index (χ2n) is 4.83. The monoisotopic (exact) mass is 277 g/mol. The van der Waals surface area contributed by atoms with Gasteiger partial charge in [0.15, 0.2) is 0 Å². The molecule has 0 saturated heterocycles. The number of rotatable bonds is 4. The fourth-order valence-electron chi connectivity index (χ4n) is 1.92. The molecule has 4 heteroatoms. The lowest BCUT2D eigenvalue weighted by Gasteiger charge is -2.11. The van der Waals surface area contributed by atoms with Crippen LogP contribution in [0.1, 0.15) is 40.6 Å². The first-order valence-electron chi connectivity index (χ1n) is 6.34. The van der Waals surface area contributed by atoms with E-state index in [9.17, 15) is 4.21 Å². The standard InChI is InChI=1S/C15H19NO2S/c1-10-6-5-7-14(8-10)13(4)19(17)9-15-16-11(2)12(3)18-15/h5-8,13H,9H2,1-4H3/t13-,19+/m0/s1. The van der Waals surface area contributed by atoms with E-state index in [4.69, 9.17) is 4.42 Å². The van der Waals surface area contributed by atoms with Gasteiger partial charge in [0.05, 0.1) is 10.9 Å². The molecule has 0 N–H and O–H groups in total. The molecule has 0 amide bonds. The highest BCUT2D eigenvalue weighted by atomic mass is 32.2. The van der Waals surface area contributed by atoms with Crippen LogP contribution in [0.4, 0.5) is 0 Å². The number of hydrogen-bond acceptors (Lipinski definition) is 3. The fourth-order valence-corrected chi connectivity index (χ4v) is 2.99. The number of oxazole rings is 1. The van der Waals surface area contributed by atoms with E-state index in [0.29, 0.717) is 11.6 Å². The normalized spacial score (nSPS) is 14.3. The van der Waals surface area contributed by atoms with Crippen molar-refractivity contribution < 1.29 is 8.63 Å². The summed E-state index contributed by atoms with van der Waals surface area (Å²) in [5, 5.41) is -0.0209. The predicted octanol–water partition coefficient (Wildman–Crippen LogP) is 3.61. The zero-order chi connectivity index (χ0) is 14.0. The van der Waals surface area contributed by atoms with Gasteiger partial charge in [-0.2, -0.15) is 0 Å². The molecule has 2 aromatic rings. The highest BCUT2D eigenvalue weighted by Gasteiger charge is 2.17. The third-order valence-electron chi connectivity index (χ3n) is 3.24. The average Bonchev–Trinajstić information content (AvgIpc) is 2.67. The third kappa shape index (κ3) is 3.32. The molecule has 3 nitrogen and oxygen atoms in total. The molecule has 2 atom stereocenters. The Labute approximate surface area is 116 Å². The molecule has 2 rings (SSSR count). The summed E-state index contributed by atoms with van der Waals surface area (Å²) in [5.74, 6) is 1.73. The van der Waals surface area contributed by atoms with E-state index in [2.05, 4.69) is 11.1 Å². The van der Waals surface area contributed by atoms with Crippen LogP contribution in [0.2, 0.25) is 0 Å². The molecule has 0 aliphatic rings. The summed E-state index contributed by atoms with van der Waals surface area (Å²) in [6.07, 6.45) is 0. The molecular formula is C15H19NO2S. The van der Waals surface area contributed by atoms with Gasteiger partial charge in [-0.15, -0.1) is 0 Å². The molecule has 19 heavy (non-hydrogen) atoms. The Morgan fingerprint density at radius 1 is 1.32 bits per heavy atom. The smallest absolute Gasteiger partial charge is 0.207 e. The number of benzene rings is 1. The summed E-state index contributed by atoms with van der Waals surface area (Å²) in [5.41, 5.74) is 3.15. The number of aromatic nitrogens is 1. The Morgan fingerprint density at radius 3 is 2.63 bits per heavy atom. The van der Waals surface area contributed by atoms with Crippen molar-refractivity contribution in [2.75, 3.05) is 0 Å². The summed E-state index contributed by atoms with van der Waals surface area (Å²) >= 11 is 0. The molecule has 0 spiro atoms. The summed E-state index contributed by atoms with van der Waals surface area (Å²) < 4.78 is 17.8. The Bertz CT molecular complexity index is 584. The molecule has 1 aromatic heterocycles. The van der Waals surface area contributed by atoms with Gasteiger partial charge < -0.3 is 4.42 Å². The van der Waals surface area contributed by atoms with E-state index in [1.165, 1.54) is 5.56 Å². The molecule has 1 aromatic carbocycles. The second kappa shape index (κ2) is 5.70. The number of aryl methyl sites for hydroxylation is 3. The lowest BCUT2D eigenvalue weighted by Crippen LogP contribution is -2.06. The Balaban J connectivity index is 2.11. The number of nitrogens with zero attached hydrogens (tertiary/aromatic N) is 1. The first-order chi connectivity index (χ1) is 8.97. The Hall–Kier alpha value is -1.42. The maximum atomic E-state index is 12.4. The molecule has 0 saturated carbocycles. The van der Waals surface area contributed by atoms with Crippen LogP contribution < -0.4 is 0 Å². The summed E-state index contributed by atoms with van der Waals surface area (Å²) in [4.78, 5) is 4.28. The van der Waals surface area contributed by atoms with Gasteiger partial charge in [-0.05, 0) is 33.3 Å². The van der Waals surface area contributed by atoms with E-state index in [1.807, 2.05) is 45.9 Å². The van der Waals surface area contributed by atoms with Crippen molar-refractivity contribution in [3.05, 3.63) is 52.7 Å². The van der Waals surface area contributed by atoms with Crippen LogP contribution in [0, 0.1) is 20.8 Å². The molecule has 1 heterocycles. The highest BCUT2D eigenvalue weighted by Crippen LogP contribution is 2.23. The SMILES string of the molecule is Cc1cccc([C@H](C)[S@](=O)Cc2nc(C)c(C)o2)c1. The fraction of sp³-hybridized carbons (Fsp3) is 0.400. The van der Waals surface area contributed by atoms with E-state index >= 15 is 0 Å². The van der Waals surface area contributed by atoms with Crippen LogP contribution in [0.15, 0.2) is 28.7 Å². The maximum absolute atomic E-state index is 12.4. The average molecular weight is 277 g/mol. The largest absolute Gasteiger partial charge is 0.445 e. The van der Waals surface area contributed by atoms with E-state index in [0.717, 1.165) is 17.0 Å². The molecule has 102 valence electrons. The molecule has 0 unspecified atom stereocenters. The minimum atomic E-state index is -1.03. The molecule has 0 aliphatic heterocycles. The second-order valence-corrected chi connectivity index (χ2v) is 6.59. The first-order valence-corrected chi connectivity index (χ1v) is 7.72. The number of hydrogen-bond donors (Lipinski definition) is 0. The van der Waals surface area contributed by atoms with Gasteiger partial charge in [-0.25, -0.2) is 4.98 Å². The summed E-state index contributed by atoms with van der Waals surface area (Å²) in [6.45, 7) is 7.79. The minimum Gasteiger partial charge on any atom is -0.445 e. The lowest BCUT2D eigenvalue weighted by molar-refractivity contribution is 0.487. The van der Waals surface area contributed by atoms with Crippen LogP contribution in [0.3, 0.4) is 0 Å². The van der Waals surface area contributed by atoms with Crippen molar-refractivity contribution in [3.8, 4) is 0 Å². The highest BCUT2D eigenvalue weighted by molar-refractivity contribution is 7.84. The van der Waals surface area contributed by atoms with Crippen LogP contribution in [-0.2, 0) is 16.6 Å². The van der Waals surface area contributed by atoms with Crippen molar-refractivity contribution in [3.63, 3.8) is 0 Å². The predicted molar refractivity (Wildman–Crippen MR) is 77.4 cm³/mol. The van der Waals surface area contributed by atoms with Crippen molar-refractivity contribution in [2.45, 2.75) is 38.7 Å². The Kier molecular flexibility index (Phi) is 4.20. The zero-order valence-corrected chi connectivity index (χ0v) is 12.6. The van der Waals surface area contributed by atoms with Crippen LogP contribution in [0.5, 0.6) is 0 Å². The maximum Gasteiger partial charge on any atom is 0.207 e. The van der Waals surface area contributed by atoms with E-state index in [1.54, 1.807) is 0 Å². The van der Waals surface area contributed by atoms with E-state index < -0.39 is 10.8 Å². The zero-order valence-electron chi connectivity index (χ0n) is 11.8. The lowest BCUT2D eigenvalue weighted by atomic mass is 10.1. The van der Waals surface area contributed by atoms with Gasteiger partial charge in [-0.3, -0.25) is 4.21 Å². The van der Waals surface area contributed by atoms with Gasteiger partial charge in [-0.1, -0.05) is 29.8 Å². The van der Waals surface area contributed by atoms with Crippen molar-refractivity contribution in [1.82, 2.24) is 4.98 Å². The van der Waals surface area contributed by atoms with Crippen molar-refractivity contribution >= 4 is 10.8 Å². The van der Waals surface area contributed by atoms with Crippen molar-refractivity contribution in [2.24, 2.45) is 0 Å². The Morgan fingerprint density at radius 2 is 2.05 bits per heavy atom. The van der Waals surface area contributed by atoms with Crippen LogP contribution in [-0.4, -0.2) is 9.19 Å². The molecule has 0 fully saturated rings. The minimum absolute atomic E-state index is 0.0209. The topological polar surface area (TPSA) is 43.1 Å². The summed E-state index contributed by atoms with van der Waals surface area (Å²) in [6, 6.07) is 8.13.